The summed E-state index contributed by atoms with van der Waals surface area (Å²) in [5.74, 6) is 0.600. The number of ketones is 1. The van der Waals surface area contributed by atoms with Gasteiger partial charge in [-0.15, -0.1) is 0 Å². The number of carbonyl (C=O) groups excluding carboxylic acids is 1. The molecule has 1 rings (SSSR count). The van der Waals surface area contributed by atoms with Crippen molar-refractivity contribution in [2.24, 2.45) is 5.11 Å². The van der Waals surface area contributed by atoms with E-state index in [0.29, 0.717) is 30.7 Å². The number of aryl methyl sites for hydroxylation is 1. The molecule has 0 bridgehead atoms. The van der Waals surface area contributed by atoms with Crippen LogP contribution >= 0.6 is 0 Å². The molecule has 0 aliphatic carbocycles. The number of methoxy groups -OCH3 is 1. The first kappa shape index (κ1) is 13.1. The molecule has 0 radical (unpaired) electrons. The summed E-state index contributed by atoms with van der Waals surface area (Å²) in [6.07, 6.45) is 0.915. The molecular weight excluding hydrogens is 218 g/mol. The maximum absolute atomic E-state index is 11.9. The first-order valence-electron chi connectivity index (χ1n) is 5.37. The number of benzene rings is 1. The molecular formula is C12H15N3O2. The number of carbonyl (C=O) groups is 1. The van der Waals surface area contributed by atoms with Crippen LogP contribution in [0, 0.1) is 6.92 Å². The van der Waals surface area contributed by atoms with Crippen LogP contribution in [0.1, 0.15) is 28.8 Å². The van der Waals surface area contributed by atoms with Crippen molar-refractivity contribution < 1.29 is 9.53 Å². The second-order valence-corrected chi connectivity index (χ2v) is 3.68. The number of hydrogen-bond donors (Lipinski definition) is 0. The molecule has 0 aliphatic heterocycles. The van der Waals surface area contributed by atoms with Crippen LogP contribution in [0.4, 0.5) is 0 Å². The van der Waals surface area contributed by atoms with E-state index in [1.807, 2.05) is 19.1 Å². The van der Waals surface area contributed by atoms with E-state index in [-0.39, 0.29) is 5.78 Å². The van der Waals surface area contributed by atoms with Gasteiger partial charge in [0.25, 0.3) is 0 Å². The average molecular weight is 233 g/mol. The third-order valence-corrected chi connectivity index (χ3v) is 2.38. The Bertz CT molecular complexity index is 451. The minimum Gasteiger partial charge on any atom is -0.496 e. The highest BCUT2D eigenvalue weighted by Crippen LogP contribution is 2.21. The van der Waals surface area contributed by atoms with Crippen molar-refractivity contribution in [3.8, 4) is 5.75 Å². The average Bonchev–Trinajstić information content (AvgIpc) is 2.34. The zero-order chi connectivity index (χ0) is 12.7. The molecule has 0 fully saturated rings. The van der Waals surface area contributed by atoms with E-state index in [1.165, 1.54) is 0 Å². The van der Waals surface area contributed by atoms with Gasteiger partial charge < -0.3 is 4.74 Å². The molecule has 0 unspecified atom stereocenters. The molecule has 5 nitrogen and oxygen atoms in total. The molecule has 0 atom stereocenters. The highest BCUT2D eigenvalue weighted by molar-refractivity contribution is 5.98. The summed E-state index contributed by atoms with van der Waals surface area (Å²) in [5, 5.41) is 3.39. The number of Topliss-reactive ketones (excluding diaryl/α,β-unsaturated/α-hetero) is 1. The van der Waals surface area contributed by atoms with Crippen LogP contribution in [0.15, 0.2) is 23.3 Å². The van der Waals surface area contributed by atoms with Gasteiger partial charge in [-0.1, -0.05) is 16.7 Å². The van der Waals surface area contributed by atoms with Crippen LogP contribution in [0.2, 0.25) is 0 Å². The van der Waals surface area contributed by atoms with Crippen LogP contribution < -0.4 is 4.74 Å². The highest BCUT2D eigenvalue weighted by Gasteiger charge is 2.11. The molecule has 0 N–H and O–H groups in total. The van der Waals surface area contributed by atoms with Crippen LogP contribution in [0.5, 0.6) is 5.75 Å². The summed E-state index contributed by atoms with van der Waals surface area (Å²) < 4.78 is 5.15. The van der Waals surface area contributed by atoms with Crippen LogP contribution in [-0.4, -0.2) is 19.4 Å². The predicted octanol–water partition coefficient (Wildman–Crippen LogP) is 3.28. The normalized spacial score (nSPS) is 9.53. The zero-order valence-corrected chi connectivity index (χ0v) is 10.0. The molecule has 90 valence electrons. The van der Waals surface area contributed by atoms with Gasteiger partial charge in [0.05, 0.1) is 12.7 Å². The summed E-state index contributed by atoms with van der Waals surface area (Å²) in [5.41, 5.74) is 9.73. The van der Waals surface area contributed by atoms with E-state index in [9.17, 15) is 4.79 Å². The van der Waals surface area contributed by atoms with Gasteiger partial charge in [0.2, 0.25) is 0 Å². The summed E-state index contributed by atoms with van der Waals surface area (Å²) in [4.78, 5) is 14.6. The van der Waals surface area contributed by atoms with Gasteiger partial charge in [0.15, 0.2) is 5.78 Å². The van der Waals surface area contributed by atoms with Crippen molar-refractivity contribution in [1.82, 2.24) is 0 Å². The number of ether oxygens (including phenoxy) is 1. The molecule has 0 spiro atoms. The highest BCUT2D eigenvalue weighted by atomic mass is 16.5. The molecule has 0 heterocycles. The number of hydrogen-bond acceptors (Lipinski definition) is 3. The number of rotatable bonds is 6. The molecule has 0 saturated carbocycles. The van der Waals surface area contributed by atoms with Crippen LogP contribution in [-0.2, 0) is 0 Å². The topological polar surface area (TPSA) is 75.1 Å². The molecule has 0 amide bonds. The fourth-order valence-corrected chi connectivity index (χ4v) is 1.53. The van der Waals surface area contributed by atoms with Gasteiger partial charge in [0, 0.05) is 17.9 Å². The lowest BCUT2D eigenvalue weighted by Gasteiger charge is -2.08. The third-order valence-electron chi connectivity index (χ3n) is 2.38. The summed E-state index contributed by atoms with van der Waals surface area (Å²) in [6.45, 7) is 2.27. The lowest BCUT2D eigenvalue weighted by Crippen LogP contribution is -2.03. The lowest BCUT2D eigenvalue weighted by molar-refractivity contribution is 0.0978. The quantitative estimate of drug-likeness (QED) is 0.248. The smallest absolute Gasteiger partial charge is 0.166 e. The standard InChI is InChI=1S/C12H15N3O2/c1-9-5-6-12(17-2)10(8-9)11(16)4-3-7-14-15-13/h5-6,8H,3-4,7H2,1-2H3. The molecule has 17 heavy (non-hydrogen) atoms. The summed E-state index contributed by atoms with van der Waals surface area (Å²) >= 11 is 0. The van der Waals surface area contributed by atoms with Crippen LogP contribution in [0.3, 0.4) is 0 Å². The first-order chi connectivity index (χ1) is 8.19. The Kier molecular flexibility index (Phi) is 5.04. The predicted molar refractivity (Wildman–Crippen MR) is 65.3 cm³/mol. The largest absolute Gasteiger partial charge is 0.496 e. The number of azide groups is 1. The van der Waals surface area contributed by atoms with Crippen molar-refractivity contribution >= 4 is 5.78 Å². The van der Waals surface area contributed by atoms with E-state index in [1.54, 1.807) is 13.2 Å². The van der Waals surface area contributed by atoms with E-state index in [2.05, 4.69) is 10.0 Å². The van der Waals surface area contributed by atoms with E-state index < -0.39 is 0 Å². The minimum atomic E-state index is 0.0127. The number of nitrogens with zero attached hydrogens (tertiary/aromatic N) is 3. The van der Waals surface area contributed by atoms with E-state index in [0.717, 1.165) is 5.56 Å². The summed E-state index contributed by atoms with van der Waals surface area (Å²) in [7, 11) is 1.54. The van der Waals surface area contributed by atoms with Crippen LogP contribution in [0.25, 0.3) is 10.4 Å². The molecule has 0 aliphatic rings. The van der Waals surface area contributed by atoms with Gasteiger partial charge in [-0.05, 0) is 31.0 Å². The van der Waals surface area contributed by atoms with Gasteiger partial charge in [-0.3, -0.25) is 4.79 Å². The van der Waals surface area contributed by atoms with E-state index in [4.69, 9.17) is 10.3 Å². The van der Waals surface area contributed by atoms with Gasteiger partial charge in [-0.2, -0.15) is 0 Å². The fraction of sp³-hybridized carbons (Fsp3) is 0.417. The Morgan fingerprint density at radius 3 is 2.94 bits per heavy atom. The Morgan fingerprint density at radius 2 is 2.29 bits per heavy atom. The maximum atomic E-state index is 11.9. The summed E-state index contributed by atoms with van der Waals surface area (Å²) in [6, 6.07) is 5.50. The second kappa shape index (κ2) is 6.55. The van der Waals surface area contributed by atoms with Crippen molar-refractivity contribution in [1.29, 1.82) is 0 Å². The maximum Gasteiger partial charge on any atom is 0.166 e. The third kappa shape index (κ3) is 3.81. The van der Waals surface area contributed by atoms with Crippen molar-refractivity contribution in [2.45, 2.75) is 19.8 Å². The van der Waals surface area contributed by atoms with Crippen molar-refractivity contribution in [2.75, 3.05) is 13.7 Å². The fourth-order valence-electron chi connectivity index (χ4n) is 1.53. The molecule has 1 aromatic carbocycles. The first-order valence-corrected chi connectivity index (χ1v) is 5.37. The molecule has 1 aromatic rings. The SMILES string of the molecule is COc1ccc(C)cc1C(=O)CCCN=[N+]=[N-]. The molecule has 0 aromatic heterocycles. The van der Waals surface area contributed by atoms with Gasteiger partial charge >= 0.3 is 0 Å². The minimum absolute atomic E-state index is 0.0127. The Labute approximate surface area is 100 Å². The zero-order valence-electron chi connectivity index (χ0n) is 10.0. The van der Waals surface area contributed by atoms with E-state index >= 15 is 0 Å². The molecule has 0 saturated heterocycles. The van der Waals surface area contributed by atoms with Gasteiger partial charge in [-0.25, -0.2) is 0 Å². The van der Waals surface area contributed by atoms with Crippen molar-refractivity contribution in [3.63, 3.8) is 0 Å². The Morgan fingerprint density at radius 1 is 1.53 bits per heavy atom. The Balaban J connectivity index is 2.73. The van der Waals surface area contributed by atoms with Gasteiger partial charge in [0.1, 0.15) is 5.75 Å². The monoisotopic (exact) mass is 233 g/mol. The lowest BCUT2D eigenvalue weighted by atomic mass is 10.0. The second-order valence-electron chi connectivity index (χ2n) is 3.68. The van der Waals surface area contributed by atoms with Crippen molar-refractivity contribution in [3.05, 3.63) is 39.8 Å². The Hall–Kier alpha value is -2.00. The molecule has 5 heteroatoms.